The highest BCUT2D eigenvalue weighted by molar-refractivity contribution is 5.89. The first-order valence-corrected chi connectivity index (χ1v) is 6.19. The zero-order valence-electron chi connectivity index (χ0n) is 11.0. The van der Waals surface area contributed by atoms with E-state index in [0.29, 0.717) is 24.4 Å². The minimum atomic E-state index is -0.374. The molecule has 4 heteroatoms. The molecule has 3 nitrogen and oxygen atoms in total. The van der Waals surface area contributed by atoms with Crippen LogP contribution in [0.4, 0.5) is 4.39 Å². The predicted molar refractivity (Wildman–Crippen MR) is 70.6 cm³/mol. The van der Waals surface area contributed by atoms with Crippen LogP contribution in [0.1, 0.15) is 28.5 Å². The predicted octanol–water partition coefficient (Wildman–Crippen LogP) is 3.16. The molecule has 0 amide bonds. The van der Waals surface area contributed by atoms with Crippen molar-refractivity contribution >= 4 is 5.97 Å². The zero-order valence-corrected chi connectivity index (χ0v) is 11.0. The first-order valence-electron chi connectivity index (χ1n) is 6.19. The van der Waals surface area contributed by atoms with Gasteiger partial charge < -0.3 is 9.30 Å². The molecule has 0 spiro atoms. The van der Waals surface area contributed by atoms with E-state index in [1.165, 1.54) is 6.07 Å². The summed E-state index contributed by atoms with van der Waals surface area (Å²) in [5, 5.41) is 0. The summed E-state index contributed by atoms with van der Waals surface area (Å²) in [6.07, 6.45) is 1.77. The number of esters is 1. The summed E-state index contributed by atoms with van der Waals surface area (Å²) < 4.78 is 20.4. The molecule has 2 aromatic rings. The first kappa shape index (κ1) is 13.3. The lowest BCUT2D eigenvalue weighted by Crippen LogP contribution is -2.14. The SMILES string of the molecule is CCOC(=O)c1c(C)ccn1Cc1ccccc1F. The maximum Gasteiger partial charge on any atom is 0.355 e. The van der Waals surface area contributed by atoms with E-state index in [9.17, 15) is 9.18 Å². The van der Waals surface area contributed by atoms with Crippen LogP contribution in [0.3, 0.4) is 0 Å². The number of carbonyl (C=O) groups is 1. The second-order valence-electron chi connectivity index (χ2n) is 4.29. The van der Waals surface area contributed by atoms with Crippen LogP contribution in [0, 0.1) is 12.7 Å². The minimum absolute atomic E-state index is 0.274. The molecule has 0 saturated heterocycles. The molecular weight excluding hydrogens is 245 g/mol. The van der Waals surface area contributed by atoms with Crippen molar-refractivity contribution in [3.8, 4) is 0 Å². The highest BCUT2D eigenvalue weighted by Crippen LogP contribution is 2.15. The average Bonchev–Trinajstić information content (AvgIpc) is 2.74. The highest BCUT2D eigenvalue weighted by atomic mass is 19.1. The third-order valence-electron chi connectivity index (χ3n) is 2.93. The monoisotopic (exact) mass is 261 g/mol. The molecule has 0 unspecified atom stereocenters. The van der Waals surface area contributed by atoms with Gasteiger partial charge in [0, 0.05) is 11.8 Å². The molecule has 1 aromatic heterocycles. The Balaban J connectivity index is 2.31. The van der Waals surface area contributed by atoms with Gasteiger partial charge in [0.15, 0.2) is 0 Å². The summed E-state index contributed by atoms with van der Waals surface area (Å²) in [5.74, 6) is -0.648. The standard InChI is InChI=1S/C15H16FNO2/c1-3-19-15(18)14-11(2)8-9-17(14)10-12-6-4-5-7-13(12)16/h4-9H,3,10H2,1-2H3. The highest BCUT2D eigenvalue weighted by Gasteiger charge is 2.16. The number of nitrogens with zero attached hydrogens (tertiary/aromatic N) is 1. The normalized spacial score (nSPS) is 10.5. The minimum Gasteiger partial charge on any atom is -0.461 e. The van der Waals surface area contributed by atoms with Gasteiger partial charge in [0.25, 0.3) is 0 Å². The van der Waals surface area contributed by atoms with Gasteiger partial charge in [0.05, 0.1) is 13.2 Å². The van der Waals surface area contributed by atoms with Crippen LogP contribution in [0.5, 0.6) is 0 Å². The molecule has 0 aliphatic rings. The summed E-state index contributed by atoms with van der Waals surface area (Å²) >= 11 is 0. The topological polar surface area (TPSA) is 31.2 Å². The molecule has 0 saturated carbocycles. The summed E-state index contributed by atoms with van der Waals surface area (Å²) in [4.78, 5) is 11.9. The van der Waals surface area contributed by atoms with Crippen LogP contribution >= 0.6 is 0 Å². The molecule has 0 bridgehead atoms. The van der Waals surface area contributed by atoms with E-state index in [2.05, 4.69) is 0 Å². The number of halogens is 1. The summed E-state index contributed by atoms with van der Waals surface area (Å²) in [6, 6.07) is 8.37. The Morgan fingerprint density at radius 1 is 1.32 bits per heavy atom. The largest absolute Gasteiger partial charge is 0.461 e. The van der Waals surface area contributed by atoms with Crippen LogP contribution in [0.15, 0.2) is 36.5 Å². The quantitative estimate of drug-likeness (QED) is 0.792. The molecular formula is C15H16FNO2. The number of ether oxygens (including phenoxy) is 1. The Morgan fingerprint density at radius 3 is 2.74 bits per heavy atom. The van der Waals surface area contributed by atoms with Gasteiger partial charge in [0.1, 0.15) is 11.5 Å². The van der Waals surface area contributed by atoms with Crippen molar-refractivity contribution in [1.82, 2.24) is 4.57 Å². The number of aryl methyl sites for hydroxylation is 1. The van der Waals surface area contributed by atoms with Gasteiger partial charge >= 0.3 is 5.97 Å². The van der Waals surface area contributed by atoms with Crippen molar-refractivity contribution in [2.24, 2.45) is 0 Å². The molecule has 0 radical (unpaired) electrons. The van der Waals surface area contributed by atoms with Crippen molar-refractivity contribution in [2.45, 2.75) is 20.4 Å². The molecule has 0 aliphatic carbocycles. The molecule has 0 aliphatic heterocycles. The van der Waals surface area contributed by atoms with Crippen molar-refractivity contribution in [1.29, 1.82) is 0 Å². The maximum atomic E-state index is 13.6. The number of hydrogen-bond donors (Lipinski definition) is 0. The van der Waals surface area contributed by atoms with E-state index in [1.807, 2.05) is 13.0 Å². The Hall–Kier alpha value is -2.10. The number of benzene rings is 1. The van der Waals surface area contributed by atoms with E-state index in [-0.39, 0.29) is 11.8 Å². The van der Waals surface area contributed by atoms with Gasteiger partial charge in [-0.1, -0.05) is 18.2 Å². The number of carbonyl (C=O) groups excluding carboxylic acids is 1. The molecule has 1 heterocycles. The second-order valence-corrected chi connectivity index (χ2v) is 4.29. The van der Waals surface area contributed by atoms with Crippen LogP contribution in [0.25, 0.3) is 0 Å². The van der Waals surface area contributed by atoms with Crippen molar-refractivity contribution < 1.29 is 13.9 Å². The average molecular weight is 261 g/mol. The van der Waals surface area contributed by atoms with E-state index in [4.69, 9.17) is 4.74 Å². The van der Waals surface area contributed by atoms with Crippen LogP contribution < -0.4 is 0 Å². The Labute approximate surface area is 111 Å². The van der Waals surface area contributed by atoms with E-state index >= 15 is 0 Å². The van der Waals surface area contributed by atoms with Gasteiger partial charge in [-0.25, -0.2) is 9.18 Å². The van der Waals surface area contributed by atoms with Crippen LogP contribution in [0.2, 0.25) is 0 Å². The third kappa shape index (κ3) is 2.84. The number of aromatic nitrogens is 1. The van der Waals surface area contributed by atoms with E-state index in [0.717, 1.165) is 5.56 Å². The molecule has 2 rings (SSSR count). The van der Waals surface area contributed by atoms with Gasteiger partial charge in [-0.15, -0.1) is 0 Å². The molecule has 0 N–H and O–H groups in total. The lowest BCUT2D eigenvalue weighted by molar-refractivity contribution is 0.0513. The van der Waals surface area contributed by atoms with Gasteiger partial charge in [-0.3, -0.25) is 0 Å². The lowest BCUT2D eigenvalue weighted by atomic mass is 10.2. The summed E-state index contributed by atoms with van der Waals surface area (Å²) in [5.41, 5.74) is 1.85. The van der Waals surface area contributed by atoms with Crippen molar-refractivity contribution in [3.05, 3.63) is 59.2 Å². The Kier molecular flexibility index (Phi) is 4.00. The van der Waals surface area contributed by atoms with Gasteiger partial charge in [0.2, 0.25) is 0 Å². The maximum absolute atomic E-state index is 13.6. The lowest BCUT2D eigenvalue weighted by Gasteiger charge is -2.10. The van der Waals surface area contributed by atoms with Crippen LogP contribution in [-0.4, -0.2) is 17.1 Å². The molecule has 0 fully saturated rings. The molecule has 100 valence electrons. The fourth-order valence-corrected chi connectivity index (χ4v) is 2.00. The fourth-order valence-electron chi connectivity index (χ4n) is 2.00. The Bertz CT molecular complexity index is 590. The zero-order chi connectivity index (χ0) is 13.8. The van der Waals surface area contributed by atoms with Crippen LogP contribution in [-0.2, 0) is 11.3 Å². The molecule has 1 aromatic carbocycles. The summed E-state index contributed by atoms with van der Waals surface area (Å²) in [7, 11) is 0. The Morgan fingerprint density at radius 2 is 2.05 bits per heavy atom. The van der Waals surface area contributed by atoms with Gasteiger partial charge in [-0.05, 0) is 31.5 Å². The summed E-state index contributed by atoms with van der Waals surface area (Å²) in [6.45, 7) is 4.24. The van der Waals surface area contributed by atoms with E-state index < -0.39 is 0 Å². The fraction of sp³-hybridized carbons (Fsp3) is 0.267. The third-order valence-corrected chi connectivity index (χ3v) is 2.93. The smallest absolute Gasteiger partial charge is 0.355 e. The first-order chi connectivity index (χ1) is 9.13. The number of hydrogen-bond acceptors (Lipinski definition) is 2. The second kappa shape index (κ2) is 5.69. The number of rotatable bonds is 4. The molecule has 19 heavy (non-hydrogen) atoms. The van der Waals surface area contributed by atoms with E-state index in [1.54, 1.807) is 35.9 Å². The molecule has 0 atom stereocenters. The van der Waals surface area contributed by atoms with Crippen molar-refractivity contribution in [3.63, 3.8) is 0 Å². The van der Waals surface area contributed by atoms with Crippen molar-refractivity contribution in [2.75, 3.05) is 6.61 Å². The van der Waals surface area contributed by atoms with Gasteiger partial charge in [-0.2, -0.15) is 0 Å².